The second-order valence-electron chi connectivity index (χ2n) is 4.03. The molecule has 1 amide bonds. The lowest BCUT2D eigenvalue weighted by atomic mass is 10.3. The molecule has 0 spiro atoms. The summed E-state index contributed by atoms with van der Waals surface area (Å²) in [7, 11) is -1.06. The van der Waals surface area contributed by atoms with Gasteiger partial charge in [-0.1, -0.05) is 15.9 Å². The van der Waals surface area contributed by atoms with Crippen molar-refractivity contribution in [1.29, 1.82) is 0 Å². The molecule has 0 aliphatic heterocycles. The predicted octanol–water partition coefficient (Wildman–Crippen LogP) is 1.84. The highest BCUT2D eigenvalue weighted by Crippen LogP contribution is 2.14. The number of nitrogens with one attached hydrogen (secondary N) is 1. The van der Waals surface area contributed by atoms with E-state index in [1.807, 2.05) is 24.3 Å². The van der Waals surface area contributed by atoms with Crippen LogP contribution in [0.5, 0.6) is 0 Å². The summed E-state index contributed by atoms with van der Waals surface area (Å²) in [6.07, 6.45) is 1.53. The molecule has 4 nitrogen and oxygen atoms in total. The third-order valence-corrected chi connectivity index (χ3v) is 4.45. The van der Waals surface area contributed by atoms with Crippen LogP contribution in [0.2, 0.25) is 0 Å². The molecule has 0 saturated heterocycles. The normalized spacial score (nSPS) is 12.1. The maximum atomic E-state index is 11.9. The van der Waals surface area contributed by atoms with Crippen molar-refractivity contribution in [3.8, 4) is 0 Å². The first-order valence-electron chi connectivity index (χ1n) is 6.15. The average molecular weight is 348 g/mol. The summed E-state index contributed by atoms with van der Waals surface area (Å²) >= 11 is 3.33. The molecule has 1 aromatic carbocycles. The van der Waals surface area contributed by atoms with Gasteiger partial charge in [-0.15, -0.1) is 0 Å². The van der Waals surface area contributed by atoms with Gasteiger partial charge in [0.15, 0.2) is 0 Å². The van der Waals surface area contributed by atoms with Crippen LogP contribution in [0, 0.1) is 0 Å². The second kappa shape index (κ2) is 9.23. The van der Waals surface area contributed by atoms with Crippen LogP contribution >= 0.6 is 15.9 Å². The molecule has 0 fully saturated rings. The zero-order valence-corrected chi connectivity index (χ0v) is 13.0. The van der Waals surface area contributed by atoms with Crippen LogP contribution in [0.25, 0.3) is 0 Å². The van der Waals surface area contributed by atoms with Crippen LogP contribution in [0.3, 0.4) is 0 Å². The summed E-state index contributed by atoms with van der Waals surface area (Å²) in [5.41, 5.74) is 0. The zero-order chi connectivity index (χ0) is 14.1. The lowest BCUT2D eigenvalue weighted by Gasteiger charge is -2.04. The maximum Gasteiger partial charge on any atom is 0.220 e. The second-order valence-corrected chi connectivity index (χ2v) is 6.52. The first-order chi connectivity index (χ1) is 9.13. The Kier molecular flexibility index (Phi) is 7.93. The lowest BCUT2D eigenvalue weighted by molar-refractivity contribution is -0.121. The number of rotatable bonds is 8. The topological polar surface area (TPSA) is 66.4 Å². The zero-order valence-electron chi connectivity index (χ0n) is 10.6. The van der Waals surface area contributed by atoms with Crippen LogP contribution in [0.1, 0.15) is 19.3 Å². The Morgan fingerprint density at radius 1 is 1.26 bits per heavy atom. The van der Waals surface area contributed by atoms with Gasteiger partial charge in [0.25, 0.3) is 0 Å². The van der Waals surface area contributed by atoms with E-state index in [-0.39, 0.29) is 12.5 Å². The van der Waals surface area contributed by atoms with Gasteiger partial charge in [-0.05, 0) is 37.1 Å². The molecule has 0 aliphatic carbocycles. The van der Waals surface area contributed by atoms with Gasteiger partial charge < -0.3 is 10.4 Å². The van der Waals surface area contributed by atoms with E-state index in [9.17, 15) is 9.00 Å². The molecular weight excluding hydrogens is 330 g/mol. The molecule has 106 valence electrons. The van der Waals surface area contributed by atoms with E-state index in [0.717, 1.165) is 9.37 Å². The van der Waals surface area contributed by atoms with Crippen molar-refractivity contribution in [2.24, 2.45) is 0 Å². The van der Waals surface area contributed by atoms with Crippen LogP contribution in [0.4, 0.5) is 0 Å². The number of hydrogen-bond acceptors (Lipinski definition) is 3. The summed E-state index contributed by atoms with van der Waals surface area (Å²) in [5.74, 6) is 0.427. The van der Waals surface area contributed by atoms with Gasteiger partial charge in [0.1, 0.15) is 0 Å². The largest absolute Gasteiger partial charge is 0.396 e. The first kappa shape index (κ1) is 16.3. The van der Waals surface area contributed by atoms with Gasteiger partial charge >= 0.3 is 0 Å². The van der Waals surface area contributed by atoms with Crippen LogP contribution < -0.4 is 5.32 Å². The van der Waals surface area contributed by atoms with Crippen molar-refractivity contribution in [2.45, 2.75) is 24.2 Å². The van der Waals surface area contributed by atoms with E-state index in [0.29, 0.717) is 31.6 Å². The first-order valence-corrected chi connectivity index (χ1v) is 8.26. The van der Waals surface area contributed by atoms with E-state index in [1.165, 1.54) is 0 Å². The third-order valence-electron chi connectivity index (χ3n) is 2.47. The Labute approximate surface area is 124 Å². The summed E-state index contributed by atoms with van der Waals surface area (Å²) in [6, 6.07) is 7.35. The Hall–Kier alpha value is -0.720. The monoisotopic (exact) mass is 347 g/mol. The smallest absolute Gasteiger partial charge is 0.220 e. The van der Waals surface area contributed by atoms with Crippen molar-refractivity contribution in [3.63, 3.8) is 0 Å². The third kappa shape index (κ3) is 6.84. The molecule has 0 aliphatic rings. The van der Waals surface area contributed by atoms with Gasteiger partial charge in [0, 0.05) is 34.7 Å². The minimum atomic E-state index is -1.06. The van der Waals surface area contributed by atoms with Gasteiger partial charge in [0.05, 0.1) is 10.8 Å². The quantitative estimate of drug-likeness (QED) is 0.705. The molecule has 2 N–H and O–H groups in total. The van der Waals surface area contributed by atoms with Crippen molar-refractivity contribution >= 4 is 32.6 Å². The van der Waals surface area contributed by atoms with E-state index >= 15 is 0 Å². The van der Waals surface area contributed by atoms with Crippen LogP contribution in [-0.2, 0) is 15.6 Å². The summed E-state index contributed by atoms with van der Waals surface area (Å²) in [4.78, 5) is 12.2. The number of carbonyl (C=O) groups excluding carboxylic acids is 1. The Balaban J connectivity index is 2.23. The molecule has 1 rings (SSSR count). The molecular formula is C13H18BrNO3S. The SMILES string of the molecule is O=C(CCCS(=O)c1ccc(Br)cc1)NCCCO. The molecule has 19 heavy (non-hydrogen) atoms. The van der Waals surface area contributed by atoms with Crippen molar-refractivity contribution in [3.05, 3.63) is 28.7 Å². The Morgan fingerprint density at radius 2 is 1.95 bits per heavy atom. The Morgan fingerprint density at radius 3 is 2.58 bits per heavy atom. The molecule has 1 atom stereocenters. The van der Waals surface area contributed by atoms with Gasteiger partial charge in [-0.25, -0.2) is 0 Å². The molecule has 0 heterocycles. The molecule has 0 aromatic heterocycles. The highest BCUT2D eigenvalue weighted by atomic mass is 79.9. The number of halogens is 1. The predicted molar refractivity (Wildman–Crippen MR) is 79.4 cm³/mol. The fourth-order valence-electron chi connectivity index (χ4n) is 1.46. The summed E-state index contributed by atoms with van der Waals surface area (Å²) < 4.78 is 12.9. The lowest BCUT2D eigenvalue weighted by Crippen LogP contribution is -2.25. The average Bonchev–Trinajstić information content (AvgIpc) is 2.39. The van der Waals surface area contributed by atoms with Crippen molar-refractivity contribution in [2.75, 3.05) is 18.9 Å². The number of amides is 1. The van der Waals surface area contributed by atoms with Crippen molar-refractivity contribution < 1.29 is 14.1 Å². The van der Waals surface area contributed by atoms with Gasteiger partial charge in [-0.3, -0.25) is 9.00 Å². The Bertz CT molecular complexity index is 422. The molecule has 6 heteroatoms. The minimum Gasteiger partial charge on any atom is -0.396 e. The molecule has 0 saturated carbocycles. The van der Waals surface area contributed by atoms with Gasteiger partial charge in [0.2, 0.25) is 5.91 Å². The van der Waals surface area contributed by atoms with E-state index in [2.05, 4.69) is 21.2 Å². The summed E-state index contributed by atoms with van der Waals surface area (Å²) in [6.45, 7) is 0.568. The van der Waals surface area contributed by atoms with E-state index in [1.54, 1.807) is 0 Å². The molecule has 0 radical (unpaired) electrons. The summed E-state index contributed by atoms with van der Waals surface area (Å²) in [5, 5.41) is 11.3. The number of aliphatic hydroxyl groups excluding tert-OH is 1. The standard InChI is InChI=1S/C13H18BrNO3S/c14-11-4-6-12(7-5-11)19(18)10-1-3-13(17)15-8-2-9-16/h4-7,16H,1-3,8-10H2,(H,15,17). The maximum absolute atomic E-state index is 11.9. The number of carbonyl (C=O) groups is 1. The molecule has 1 unspecified atom stereocenters. The number of hydrogen-bond donors (Lipinski definition) is 2. The van der Waals surface area contributed by atoms with Crippen LogP contribution in [0.15, 0.2) is 33.6 Å². The number of aliphatic hydroxyl groups is 1. The fourth-order valence-corrected chi connectivity index (χ4v) is 2.81. The highest BCUT2D eigenvalue weighted by molar-refractivity contribution is 9.10. The molecule has 0 bridgehead atoms. The number of benzene rings is 1. The van der Waals surface area contributed by atoms with E-state index in [4.69, 9.17) is 5.11 Å². The minimum absolute atomic E-state index is 0.0544. The molecule has 1 aromatic rings. The van der Waals surface area contributed by atoms with Gasteiger partial charge in [-0.2, -0.15) is 0 Å². The van der Waals surface area contributed by atoms with E-state index < -0.39 is 10.8 Å². The fraction of sp³-hybridized carbons (Fsp3) is 0.462. The highest BCUT2D eigenvalue weighted by Gasteiger charge is 2.06. The van der Waals surface area contributed by atoms with Crippen LogP contribution in [-0.4, -0.2) is 34.1 Å². The van der Waals surface area contributed by atoms with Crippen molar-refractivity contribution in [1.82, 2.24) is 5.32 Å².